The molecule has 11 heavy (non-hydrogen) atoms. The lowest BCUT2D eigenvalue weighted by atomic mass is 10.0. The van der Waals surface area contributed by atoms with Gasteiger partial charge in [0.2, 0.25) is 0 Å². The van der Waals surface area contributed by atoms with Gasteiger partial charge in [0.15, 0.2) is 0 Å². The van der Waals surface area contributed by atoms with Gasteiger partial charge >= 0.3 is 0 Å². The Labute approximate surface area is 68.3 Å². The zero-order valence-electron chi connectivity index (χ0n) is 7.17. The first-order valence-electron chi connectivity index (χ1n) is 4.38. The summed E-state index contributed by atoms with van der Waals surface area (Å²) in [6.07, 6.45) is 1.33. The molecule has 0 heteroatoms. The highest BCUT2D eigenvalue weighted by Crippen LogP contribution is 2.40. The third kappa shape index (κ3) is 0.973. The molecule has 1 aliphatic rings. The summed E-state index contributed by atoms with van der Waals surface area (Å²) in [6, 6.07) is 8.83. The van der Waals surface area contributed by atoms with Gasteiger partial charge in [-0.15, -0.1) is 0 Å². The molecular formula is C11H14. The molecule has 0 amide bonds. The lowest BCUT2D eigenvalue weighted by molar-refractivity contribution is 0.661. The van der Waals surface area contributed by atoms with E-state index in [1.54, 1.807) is 11.1 Å². The molecule has 0 fully saturated rings. The topological polar surface area (TPSA) is 0 Å². The minimum Gasteiger partial charge on any atom is -0.0620 e. The molecule has 2 atom stereocenters. The van der Waals surface area contributed by atoms with Gasteiger partial charge in [-0.25, -0.2) is 0 Å². The monoisotopic (exact) mass is 146 g/mol. The molecule has 0 radical (unpaired) electrons. The zero-order valence-corrected chi connectivity index (χ0v) is 7.17. The molecule has 0 spiro atoms. The lowest BCUT2D eigenvalue weighted by Crippen LogP contribution is -1.84. The Morgan fingerprint density at radius 1 is 1.00 bits per heavy atom. The van der Waals surface area contributed by atoms with Crippen molar-refractivity contribution in [2.45, 2.75) is 32.1 Å². The van der Waals surface area contributed by atoms with Gasteiger partial charge in [0.1, 0.15) is 0 Å². The van der Waals surface area contributed by atoms with Gasteiger partial charge in [-0.05, 0) is 29.4 Å². The molecule has 0 aliphatic heterocycles. The van der Waals surface area contributed by atoms with E-state index in [1.807, 2.05) is 0 Å². The molecule has 2 rings (SSSR count). The first-order chi connectivity index (χ1) is 5.29. The van der Waals surface area contributed by atoms with E-state index in [-0.39, 0.29) is 0 Å². The van der Waals surface area contributed by atoms with E-state index in [9.17, 15) is 0 Å². The van der Waals surface area contributed by atoms with Crippen LogP contribution in [0.25, 0.3) is 0 Å². The van der Waals surface area contributed by atoms with E-state index in [2.05, 4.69) is 38.1 Å². The molecule has 0 saturated heterocycles. The molecule has 1 aliphatic carbocycles. The van der Waals surface area contributed by atoms with Crippen LogP contribution in [0.4, 0.5) is 0 Å². The Balaban J connectivity index is 2.52. The summed E-state index contributed by atoms with van der Waals surface area (Å²) < 4.78 is 0. The largest absolute Gasteiger partial charge is 0.0620 e. The maximum absolute atomic E-state index is 2.32. The highest BCUT2D eigenvalue weighted by Gasteiger charge is 2.23. The third-order valence-corrected chi connectivity index (χ3v) is 2.76. The van der Waals surface area contributed by atoms with E-state index >= 15 is 0 Å². The van der Waals surface area contributed by atoms with Crippen LogP contribution in [0, 0.1) is 0 Å². The molecule has 1 aromatic carbocycles. The normalized spacial score (nSPS) is 28.5. The van der Waals surface area contributed by atoms with E-state index in [0.717, 1.165) is 11.8 Å². The predicted octanol–water partition coefficient (Wildman–Crippen LogP) is 3.30. The van der Waals surface area contributed by atoms with E-state index in [4.69, 9.17) is 0 Å². The summed E-state index contributed by atoms with van der Waals surface area (Å²) in [5.74, 6) is 1.56. The molecule has 0 nitrogen and oxygen atoms in total. The molecule has 58 valence electrons. The van der Waals surface area contributed by atoms with Crippen molar-refractivity contribution < 1.29 is 0 Å². The summed E-state index contributed by atoms with van der Waals surface area (Å²) in [5.41, 5.74) is 3.14. The van der Waals surface area contributed by atoms with Crippen molar-refractivity contribution >= 4 is 0 Å². The Kier molecular flexibility index (Phi) is 1.49. The van der Waals surface area contributed by atoms with Gasteiger partial charge in [-0.3, -0.25) is 0 Å². The second-order valence-electron chi connectivity index (χ2n) is 3.67. The first-order valence-corrected chi connectivity index (χ1v) is 4.38. The fraction of sp³-hybridized carbons (Fsp3) is 0.455. The minimum atomic E-state index is 0.779. The van der Waals surface area contributed by atoms with E-state index in [0.29, 0.717) is 0 Å². The van der Waals surface area contributed by atoms with Gasteiger partial charge in [-0.2, -0.15) is 0 Å². The molecule has 2 unspecified atom stereocenters. The van der Waals surface area contributed by atoms with Crippen LogP contribution in [0.3, 0.4) is 0 Å². The Morgan fingerprint density at radius 2 is 1.45 bits per heavy atom. The molecule has 0 heterocycles. The van der Waals surface area contributed by atoms with Gasteiger partial charge in [0.05, 0.1) is 0 Å². The number of hydrogen-bond donors (Lipinski definition) is 0. The van der Waals surface area contributed by atoms with Crippen LogP contribution in [0.15, 0.2) is 24.3 Å². The average molecular weight is 146 g/mol. The van der Waals surface area contributed by atoms with Gasteiger partial charge in [0.25, 0.3) is 0 Å². The maximum Gasteiger partial charge on any atom is -0.0182 e. The van der Waals surface area contributed by atoms with Crippen molar-refractivity contribution in [3.63, 3.8) is 0 Å². The summed E-state index contributed by atoms with van der Waals surface area (Å²) in [5, 5.41) is 0. The van der Waals surface area contributed by atoms with Crippen molar-refractivity contribution in [3.8, 4) is 0 Å². The van der Waals surface area contributed by atoms with Crippen LogP contribution in [-0.4, -0.2) is 0 Å². The lowest BCUT2D eigenvalue weighted by Gasteiger charge is -2.02. The Bertz CT molecular complexity index is 235. The fourth-order valence-corrected chi connectivity index (χ4v) is 2.19. The van der Waals surface area contributed by atoms with Gasteiger partial charge in [0, 0.05) is 0 Å². The second kappa shape index (κ2) is 2.37. The molecule has 0 N–H and O–H groups in total. The summed E-state index contributed by atoms with van der Waals surface area (Å²) in [4.78, 5) is 0. The summed E-state index contributed by atoms with van der Waals surface area (Å²) >= 11 is 0. The SMILES string of the molecule is CC1CC(C)c2ccccc21. The smallest absolute Gasteiger partial charge is 0.0182 e. The van der Waals surface area contributed by atoms with Crippen molar-refractivity contribution in [1.29, 1.82) is 0 Å². The van der Waals surface area contributed by atoms with Crippen molar-refractivity contribution in [3.05, 3.63) is 35.4 Å². The second-order valence-corrected chi connectivity index (χ2v) is 3.67. The maximum atomic E-state index is 2.32. The fourth-order valence-electron chi connectivity index (χ4n) is 2.19. The van der Waals surface area contributed by atoms with Crippen LogP contribution in [0.5, 0.6) is 0 Å². The third-order valence-electron chi connectivity index (χ3n) is 2.76. The number of benzene rings is 1. The predicted molar refractivity (Wildman–Crippen MR) is 47.9 cm³/mol. The van der Waals surface area contributed by atoms with E-state index < -0.39 is 0 Å². The number of hydrogen-bond acceptors (Lipinski definition) is 0. The highest BCUT2D eigenvalue weighted by molar-refractivity contribution is 5.37. The molecular weight excluding hydrogens is 132 g/mol. The number of fused-ring (bicyclic) bond motifs is 1. The minimum absolute atomic E-state index is 0.779. The van der Waals surface area contributed by atoms with Crippen LogP contribution in [0.2, 0.25) is 0 Å². The standard InChI is InChI=1S/C11H14/c1-8-7-9(2)11-6-4-3-5-10(8)11/h3-6,8-9H,7H2,1-2H3. The quantitative estimate of drug-likeness (QED) is 0.527. The van der Waals surface area contributed by atoms with Crippen molar-refractivity contribution in [1.82, 2.24) is 0 Å². The van der Waals surface area contributed by atoms with Crippen LogP contribution in [0.1, 0.15) is 43.2 Å². The van der Waals surface area contributed by atoms with Crippen LogP contribution < -0.4 is 0 Å². The number of rotatable bonds is 0. The van der Waals surface area contributed by atoms with Crippen molar-refractivity contribution in [2.75, 3.05) is 0 Å². The average Bonchev–Trinajstić information content (AvgIpc) is 2.30. The molecule has 0 bridgehead atoms. The molecule has 0 saturated carbocycles. The van der Waals surface area contributed by atoms with Crippen LogP contribution in [-0.2, 0) is 0 Å². The molecule has 1 aromatic rings. The summed E-state index contributed by atoms with van der Waals surface area (Å²) in [7, 11) is 0. The Morgan fingerprint density at radius 3 is 1.91 bits per heavy atom. The van der Waals surface area contributed by atoms with Crippen molar-refractivity contribution in [2.24, 2.45) is 0 Å². The molecule has 0 aromatic heterocycles. The van der Waals surface area contributed by atoms with E-state index in [1.165, 1.54) is 6.42 Å². The van der Waals surface area contributed by atoms with Crippen LogP contribution >= 0.6 is 0 Å². The first kappa shape index (κ1) is 6.90. The zero-order chi connectivity index (χ0) is 7.84. The van der Waals surface area contributed by atoms with Gasteiger partial charge < -0.3 is 0 Å². The highest BCUT2D eigenvalue weighted by atomic mass is 14.3. The van der Waals surface area contributed by atoms with Gasteiger partial charge in [-0.1, -0.05) is 38.1 Å². The summed E-state index contributed by atoms with van der Waals surface area (Å²) in [6.45, 7) is 4.64. The Hall–Kier alpha value is -0.780.